The molecule has 0 saturated heterocycles. The molecule has 0 atom stereocenters. The predicted molar refractivity (Wildman–Crippen MR) is 485 cm³/mol. The number of nitrogens with two attached hydrogens (primary N) is 4. The van der Waals surface area contributed by atoms with Gasteiger partial charge in [-0.05, 0) is 229 Å². The van der Waals surface area contributed by atoms with E-state index in [1.165, 1.54) is 12.1 Å². The van der Waals surface area contributed by atoms with Gasteiger partial charge in [-0.3, -0.25) is 4.79 Å². The lowest BCUT2D eigenvalue weighted by Crippen LogP contribution is -2.34. The van der Waals surface area contributed by atoms with Crippen molar-refractivity contribution in [2.75, 3.05) is 62.8 Å². The van der Waals surface area contributed by atoms with E-state index in [9.17, 15) is 37.1 Å². The molecule has 14 aromatic rings. The molecular formula is C91H97BrCl2F4N14O10. The number of amides is 2. The van der Waals surface area contributed by atoms with Crippen LogP contribution in [0.1, 0.15) is 51.9 Å². The molecule has 0 bridgehead atoms. The Kier molecular flexibility index (Phi) is 39.8. The number of aldehydes is 1. The Balaban J connectivity index is 0.000000227. The minimum atomic E-state index is -0.609. The second-order valence-corrected chi connectivity index (χ2v) is 28.6. The number of fused-ring (bicyclic) bond motifs is 4. The predicted octanol–water partition coefficient (Wildman–Crippen LogP) is 20.4. The number of nitrogens with zero attached hydrogens (tertiary/aromatic N) is 4. The molecule has 0 saturated carbocycles. The molecule has 640 valence electrons. The summed E-state index contributed by atoms with van der Waals surface area (Å²) in [5.74, 6) is 5.55. The Labute approximate surface area is 723 Å². The van der Waals surface area contributed by atoms with Crippen LogP contribution in [-0.2, 0) is 9.47 Å². The maximum absolute atomic E-state index is 13.1. The SMILES string of the molecule is CC(C)(C)OC(=O)NCC(=CF)CBr.CC(C)(C)OC(=O)NCC(=CF)COc1ccc(-c2nc3ccccc3[nH]2)cc1.Cl.Cl.NC/C(=C/F)COc1ccc(-c2nc3ccccc3[nH]2)cc1.NC/C(=C\F)COc1ccc(-c2nc3ccccc3[nH]2)cc1.Nc1ccccc1N.O=Cc1ccc(O)cc1.Oc1ccc(-c2nc3ccccc3[nH]2)cc1. The van der Waals surface area contributed by atoms with Crippen LogP contribution in [0.3, 0.4) is 0 Å². The second kappa shape index (κ2) is 49.8. The maximum atomic E-state index is 13.1. The number of nitrogen functional groups attached to an aromatic ring is 2. The van der Waals surface area contributed by atoms with E-state index in [-0.39, 0.29) is 87.9 Å². The summed E-state index contributed by atoms with van der Waals surface area (Å²) in [6.45, 7) is 11.3. The van der Waals surface area contributed by atoms with Crippen molar-refractivity contribution in [1.82, 2.24) is 50.5 Å². The fourth-order valence-electron chi connectivity index (χ4n) is 10.2. The number of carbonyl (C=O) groups is 3. The quantitative estimate of drug-likeness (QED) is 0.0138. The molecule has 0 aliphatic rings. The molecule has 2 amide bonds. The van der Waals surface area contributed by atoms with Crippen LogP contribution in [0.4, 0.5) is 38.5 Å². The number of imidazole rings is 4. The molecule has 10 aromatic carbocycles. The van der Waals surface area contributed by atoms with Crippen molar-refractivity contribution in [2.45, 2.75) is 52.7 Å². The van der Waals surface area contributed by atoms with E-state index in [0.717, 1.165) is 96.0 Å². The molecule has 24 nitrogen and oxygen atoms in total. The van der Waals surface area contributed by atoms with Crippen molar-refractivity contribution in [1.29, 1.82) is 0 Å². The molecule has 0 unspecified atom stereocenters. The molecular weight excluding hydrogens is 1680 g/mol. The van der Waals surface area contributed by atoms with Crippen LogP contribution in [0.2, 0.25) is 0 Å². The molecule has 4 heterocycles. The average molecular weight is 1770 g/mol. The molecule has 0 fully saturated rings. The summed E-state index contributed by atoms with van der Waals surface area (Å²) >= 11 is 3.09. The molecule has 0 aliphatic carbocycles. The van der Waals surface area contributed by atoms with Gasteiger partial charge in [0.25, 0.3) is 0 Å². The largest absolute Gasteiger partial charge is 0.508 e. The number of phenols is 2. The van der Waals surface area contributed by atoms with E-state index in [0.29, 0.717) is 81.6 Å². The summed E-state index contributed by atoms with van der Waals surface area (Å²) in [5, 5.41) is 23.3. The van der Waals surface area contributed by atoms with Gasteiger partial charge in [0.15, 0.2) is 0 Å². The zero-order valence-corrected chi connectivity index (χ0v) is 70.8. The number of ether oxygens (including phenoxy) is 5. The van der Waals surface area contributed by atoms with E-state index in [1.807, 2.05) is 182 Å². The van der Waals surface area contributed by atoms with Gasteiger partial charge in [-0.2, -0.15) is 0 Å². The van der Waals surface area contributed by atoms with E-state index in [4.69, 9.17) is 51.7 Å². The number of nitrogens with one attached hydrogen (secondary N) is 6. The van der Waals surface area contributed by atoms with E-state index >= 15 is 0 Å². The Bertz CT molecular complexity index is 5390. The standard InChI is InChI=1S/C22H24FN3O3.2C17H16FN3O.C13H10N2O.C9H15BrFNO2.C7H6O2.C6H8N2.2ClH/c1-22(2,3)29-21(27)24-13-15(12-23)14-28-17-10-8-16(9-11-17)20-25-18-6-4-5-7-19(18)26-20;2*18-9-12(10-19)11-22-14-7-5-13(6-8-14)17-20-15-3-1-2-4-16(15)21-17;16-10-7-5-9(6-8-10)13-14-11-3-1-2-4-12(11)15-13;1-9(2,3)14-8(13)12-6-7(4-10)5-11;8-5-6-1-3-7(9)4-2-6;7-5-3-1-2-4-6(5)8;;/h4-12H,13-14H2,1-3H3,(H,24,27)(H,25,26);2*1-9H,10-11,19H2,(H,20,21);1-8,16H,(H,14,15);5H,4,6H2,1-3H3,(H,12,13);1-5,9H;1-4H,7-8H2;2*1H/b;12-9+;12-9-;;;;;;. The molecule has 0 aliphatic heterocycles. The minimum Gasteiger partial charge on any atom is -0.508 e. The molecule has 0 spiro atoms. The number of hydrogen-bond acceptors (Lipinski definition) is 18. The number of para-hydroxylation sites is 10. The third kappa shape index (κ3) is 32.7. The number of hydrogen-bond donors (Lipinski definition) is 12. The number of aromatic hydroxyl groups is 2. The highest BCUT2D eigenvalue weighted by molar-refractivity contribution is 9.09. The van der Waals surface area contributed by atoms with E-state index < -0.39 is 23.4 Å². The topological polar surface area (TPSA) is 381 Å². The van der Waals surface area contributed by atoms with Gasteiger partial charge < -0.3 is 87.4 Å². The zero-order valence-electron chi connectivity index (χ0n) is 67.6. The summed E-state index contributed by atoms with van der Waals surface area (Å²) < 4.78 is 76.6. The molecule has 4 aromatic heterocycles. The number of benzene rings is 10. The number of H-pyrrole nitrogens is 4. The molecule has 16 N–H and O–H groups in total. The van der Waals surface area contributed by atoms with Crippen molar-refractivity contribution < 1.29 is 65.8 Å². The number of alkyl halides is 1. The summed E-state index contributed by atoms with van der Waals surface area (Å²) in [6.07, 6.45) is 1.46. The number of carbonyl (C=O) groups excluding carboxylic acids is 3. The third-order valence-corrected chi connectivity index (χ3v) is 17.1. The number of halogens is 7. The van der Waals surface area contributed by atoms with Crippen molar-refractivity contribution in [3.63, 3.8) is 0 Å². The van der Waals surface area contributed by atoms with Crippen molar-refractivity contribution in [3.05, 3.63) is 296 Å². The second-order valence-electron chi connectivity index (χ2n) is 28.1. The third-order valence-electron chi connectivity index (χ3n) is 16.4. The van der Waals surface area contributed by atoms with Gasteiger partial charge in [-0.15, -0.1) is 24.8 Å². The molecule has 122 heavy (non-hydrogen) atoms. The van der Waals surface area contributed by atoms with Crippen molar-refractivity contribution in [3.8, 4) is 74.3 Å². The fraction of sp³-hybridized carbons (Fsp3) is 0.176. The lowest BCUT2D eigenvalue weighted by atomic mass is 10.2. The normalized spacial score (nSPS) is 11.2. The van der Waals surface area contributed by atoms with Crippen LogP contribution in [0.25, 0.3) is 89.7 Å². The van der Waals surface area contributed by atoms with Gasteiger partial charge in [0, 0.05) is 76.0 Å². The first-order valence-corrected chi connectivity index (χ1v) is 38.6. The van der Waals surface area contributed by atoms with Gasteiger partial charge in [-0.25, -0.2) is 47.1 Å². The number of rotatable bonds is 21. The van der Waals surface area contributed by atoms with Gasteiger partial charge >= 0.3 is 12.2 Å². The Morgan fingerprint density at radius 1 is 0.402 bits per heavy atom. The lowest BCUT2D eigenvalue weighted by Gasteiger charge is -2.20. The summed E-state index contributed by atoms with van der Waals surface area (Å²) in [5.41, 5.74) is 35.4. The van der Waals surface area contributed by atoms with Crippen molar-refractivity contribution >= 4 is 115 Å². The zero-order chi connectivity index (χ0) is 86.4. The average Bonchev–Trinajstić information content (AvgIpc) is 1.69. The van der Waals surface area contributed by atoms with Gasteiger partial charge in [-0.1, -0.05) is 76.6 Å². The van der Waals surface area contributed by atoms with Crippen LogP contribution in [0.15, 0.2) is 290 Å². The highest BCUT2D eigenvalue weighted by Crippen LogP contribution is 2.28. The smallest absolute Gasteiger partial charge is 0.407 e. The maximum Gasteiger partial charge on any atom is 0.407 e. The highest BCUT2D eigenvalue weighted by atomic mass is 79.9. The summed E-state index contributed by atoms with van der Waals surface area (Å²) in [6, 6.07) is 74.1. The number of phenolic OH excluding ortho intramolecular Hbond substituents is 2. The van der Waals surface area contributed by atoms with Crippen LogP contribution >= 0.6 is 40.7 Å². The summed E-state index contributed by atoms with van der Waals surface area (Å²) in [7, 11) is 0. The van der Waals surface area contributed by atoms with Crippen LogP contribution < -0.4 is 47.8 Å². The van der Waals surface area contributed by atoms with Gasteiger partial charge in [0.2, 0.25) is 0 Å². The Morgan fingerprint density at radius 2 is 0.664 bits per heavy atom. The summed E-state index contributed by atoms with van der Waals surface area (Å²) in [4.78, 5) is 64.0. The van der Waals surface area contributed by atoms with Crippen LogP contribution in [0.5, 0.6) is 28.7 Å². The fourth-order valence-corrected chi connectivity index (χ4v) is 10.5. The number of aromatic amines is 4. The number of alkyl carbamates (subject to hydrolysis) is 2. The molecule has 31 heteroatoms. The highest BCUT2D eigenvalue weighted by Gasteiger charge is 2.18. The number of anilines is 2. The minimum absolute atomic E-state index is 0. The lowest BCUT2D eigenvalue weighted by molar-refractivity contribution is 0.0520. The Hall–Kier alpha value is -13.5. The first kappa shape index (κ1) is 97.4. The monoisotopic (exact) mass is 1770 g/mol. The van der Waals surface area contributed by atoms with Crippen LogP contribution in [0, 0.1) is 0 Å². The van der Waals surface area contributed by atoms with Gasteiger partial charge in [0.05, 0.1) is 80.8 Å². The van der Waals surface area contributed by atoms with E-state index in [1.54, 1.807) is 90.1 Å². The molecule has 0 radical (unpaired) electrons. The molecule has 14 rings (SSSR count). The Morgan fingerprint density at radius 3 is 0.918 bits per heavy atom. The van der Waals surface area contributed by atoms with E-state index in [2.05, 4.69) is 66.4 Å². The van der Waals surface area contributed by atoms with Crippen LogP contribution in [-0.4, -0.2) is 131 Å². The van der Waals surface area contributed by atoms with Crippen molar-refractivity contribution in [2.24, 2.45) is 11.5 Å². The van der Waals surface area contributed by atoms with Gasteiger partial charge in [0.1, 0.15) is 89.4 Å². The first-order valence-electron chi connectivity index (χ1n) is 37.4. The first-order chi connectivity index (χ1) is 57.8. The number of aromatic nitrogens is 8.